The van der Waals surface area contributed by atoms with E-state index in [0.717, 1.165) is 13.0 Å². The Hall–Kier alpha value is -0.830. The van der Waals surface area contributed by atoms with Crippen LogP contribution >= 0.6 is 15.9 Å². The van der Waals surface area contributed by atoms with E-state index in [2.05, 4.69) is 34.1 Å². The van der Waals surface area contributed by atoms with Crippen molar-refractivity contribution < 1.29 is 4.79 Å². The number of likely N-dealkylation sites (N-methyl/N-ethyl adjacent to an activating group) is 1. The number of carbonyl (C=O) groups excluding carboxylic acids is 1. The molecule has 0 saturated heterocycles. The van der Waals surface area contributed by atoms with Gasteiger partial charge in [0.15, 0.2) is 0 Å². The minimum absolute atomic E-state index is 0.0459. The van der Waals surface area contributed by atoms with E-state index in [1.807, 2.05) is 7.05 Å². The minimum Gasteiger partial charge on any atom is -0.336 e. The largest absolute Gasteiger partial charge is 0.336 e. The molecule has 1 aliphatic carbocycles. The van der Waals surface area contributed by atoms with Crippen LogP contribution < -0.4 is 0 Å². The SMILES string of the molecule is CN(CCc1ccc2c(c1)CCCC2)C(=O)Br. The van der Waals surface area contributed by atoms with Crippen molar-refractivity contribution >= 4 is 20.7 Å². The molecule has 2 rings (SSSR count). The molecule has 0 bridgehead atoms. The van der Waals surface area contributed by atoms with Gasteiger partial charge >= 0.3 is 0 Å². The molecule has 1 aromatic carbocycles. The van der Waals surface area contributed by atoms with E-state index < -0.39 is 0 Å². The number of carbonyl (C=O) groups is 1. The summed E-state index contributed by atoms with van der Waals surface area (Å²) in [7, 11) is 1.81. The first-order valence-corrected chi connectivity index (χ1v) is 6.97. The number of hydrogen-bond donors (Lipinski definition) is 0. The van der Waals surface area contributed by atoms with Crippen molar-refractivity contribution in [2.45, 2.75) is 32.1 Å². The number of amides is 1. The van der Waals surface area contributed by atoms with Crippen LogP contribution in [0.5, 0.6) is 0 Å². The van der Waals surface area contributed by atoms with Crippen molar-refractivity contribution in [2.24, 2.45) is 0 Å². The van der Waals surface area contributed by atoms with Crippen LogP contribution in [-0.4, -0.2) is 23.3 Å². The Bertz CT molecular complexity index is 417. The molecule has 1 amide bonds. The highest BCUT2D eigenvalue weighted by Gasteiger charge is 2.10. The Labute approximate surface area is 111 Å². The fraction of sp³-hybridized carbons (Fsp3) is 0.500. The number of rotatable bonds is 3. The Morgan fingerprint density at radius 1 is 1.29 bits per heavy atom. The first-order valence-electron chi connectivity index (χ1n) is 6.18. The molecule has 0 atom stereocenters. The Morgan fingerprint density at radius 2 is 2.00 bits per heavy atom. The summed E-state index contributed by atoms with van der Waals surface area (Å²) in [6, 6.07) is 6.79. The average Bonchev–Trinajstić information content (AvgIpc) is 2.35. The van der Waals surface area contributed by atoms with Gasteiger partial charge in [0, 0.05) is 29.5 Å². The molecular weight excluding hydrogens is 278 g/mol. The molecule has 0 heterocycles. The summed E-state index contributed by atoms with van der Waals surface area (Å²) in [6.07, 6.45) is 6.02. The van der Waals surface area contributed by atoms with Crippen LogP contribution in [0.2, 0.25) is 0 Å². The quantitative estimate of drug-likeness (QED) is 0.617. The van der Waals surface area contributed by atoms with Crippen LogP contribution in [0.1, 0.15) is 29.5 Å². The van der Waals surface area contributed by atoms with Crippen LogP contribution in [0.15, 0.2) is 18.2 Å². The molecule has 0 saturated carbocycles. The van der Waals surface area contributed by atoms with Gasteiger partial charge in [-0.2, -0.15) is 0 Å². The first-order chi connectivity index (χ1) is 8.16. The van der Waals surface area contributed by atoms with Crippen molar-refractivity contribution in [1.29, 1.82) is 0 Å². The van der Waals surface area contributed by atoms with Gasteiger partial charge in [0.25, 0.3) is 4.82 Å². The fourth-order valence-corrected chi connectivity index (χ4v) is 2.50. The number of aryl methyl sites for hydroxylation is 2. The van der Waals surface area contributed by atoms with E-state index in [0.29, 0.717) is 0 Å². The monoisotopic (exact) mass is 295 g/mol. The third-order valence-electron chi connectivity index (χ3n) is 3.45. The molecule has 0 spiro atoms. The van der Waals surface area contributed by atoms with Crippen LogP contribution in [0.3, 0.4) is 0 Å². The lowest BCUT2D eigenvalue weighted by Crippen LogP contribution is -2.23. The lowest BCUT2D eigenvalue weighted by Gasteiger charge is -2.18. The maximum Gasteiger partial charge on any atom is 0.289 e. The second-order valence-electron chi connectivity index (χ2n) is 4.73. The van der Waals surface area contributed by atoms with Crippen molar-refractivity contribution in [3.05, 3.63) is 34.9 Å². The van der Waals surface area contributed by atoms with Gasteiger partial charge in [-0.15, -0.1) is 0 Å². The smallest absolute Gasteiger partial charge is 0.289 e. The van der Waals surface area contributed by atoms with E-state index in [1.165, 1.54) is 42.4 Å². The van der Waals surface area contributed by atoms with E-state index >= 15 is 0 Å². The molecule has 17 heavy (non-hydrogen) atoms. The van der Waals surface area contributed by atoms with Gasteiger partial charge in [0.1, 0.15) is 0 Å². The third-order valence-corrected chi connectivity index (χ3v) is 4.05. The molecule has 0 fully saturated rings. The zero-order valence-electron chi connectivity index (χ0n) is 10.2. The number of fused-ring (bicyclic) bond motifs is 1. The predicted molar refractivity (Wildman–Crippen MR) is 73.7 cm³/mol. The van der Waals surface area contributed by atoms with E-state index in [-0.39, 0.29) is 4.82 Å². The van der Waals surface area contributed by atoms with Gasteiger partial charge in [-0.3, -0.25) is 4.79 Å². The van der Waals surface area contributed by atoms with Crippen molar-refractivity contribution in [3.8, 4) is 0 Å². The molecule has 2 nitrogen and oxygen atoms in total. The highest BCUT2D eigenvalue weighted by Crippen LogP contribution is 2.22. The normalized spacial score (nSPS) is 14.2. The van der Waals surface area contributed by atoms with Crippen LogP contribution in [-0.2, 0) is 19.3 Å². The number of benzene rings is 1. The van der Waals surface area contributed by atoms with Gasteiger partial charge < -0.3 is 4.90 Å². The zero-order valence-corrected chi connectivity index (χ0v) is 11.8. The standard InChI is InChI=1S/C14H18BrNO/c1-16(14(15)17)9-8-11-6-7-12-4-2-3-5-13(12)10-11/h6-7,10H,2-5,8-9H2,1H3. The second kappa shape index (κ2) is 5.67. The Balaban J connectivity index is 2.00. The summed E-state index contributed by atoms with van der Waals surface area (Å²) in [4.78, 5) is 12.7. The lowest BCUT2D eigenvalue weighted by molar-refractivity contribution is 0.235. The highest BCUT2D eigenvalue weighted by atomic mass is 79.9. The lowest BCUT2D eigenvalue weighted by atomic mass is 9.90. The molecule has 1 aromatic rings. The molecule has 0 radical (unpaired) electrons. The first kappa shape index (κ1) is 12.6. The molecule has 0 unspecified atom stereocenters. The van der Waals surface area contributed by atoms with Gasteiger partial charge in [-0.05, 0) is 48.8 Å². The number of nitrogens with zero attached hydrogens (tertiary/aromatic N) is 1. The molecule has 1 aliphatic rings. The summed E-state index contributed by atoms with van der Waals surface area (Å²) in [5.74, 6) is 0. The summed E-state index contributed by atoms with van der Waals surface area (Å²) in [5, 5.41) is 0. The maximum atomic E-state index is 11.0. The predicted octanol–water partition coefficient (Wildman–Crippen LogP) is 3.55. The average molecular weight is 296 g/mol. The number of hydrogen-bond acceptors (Lipinski definition) is 1. The van der Waals surface area contributed by atoms with Gasteiger partial charge in [0.05, 0.1) is 0 Å². The van der Waals surface area contributed by atoms with Gasteiger partial charge in [0.2, 0.25) is 0 Å². The molecule has 92 valence electrons. The number of halogens is 1. The molecule has 0 aliphatic heterocycles. The summed E-state index contributed by atoms with van der Waals surface area (Å²) in [6.45, 7) is 0.767. The summed E-state index contributed by atoms with van der Waals surface area (Å²) >= 11 is 2.96. The fourth-order valence-electron chi connectivity index (χ4n) is 2.33. The van der Waals surface area contributed by atoms with Gasteiger partial charge in [-0.1, -0.05) is 18.2 Å². The Kier molecular flexibility index (Phi) is 4.21. The topological polar surface area (TPSA) is 20.3 Å². The summed E-state index contributed by atoms with van der Waals surface area (Å²) in [5.41, 5.74) is 4.37. The van der Waals surface area contributed by atoms with E-state index in [1.54, 1.807) is 4.90 Å². The third kappa shape index (κ3) is 3.32. The van der Waals surface area contributed by atoms with Crippen LogP contribution in [0, 0.1) is 0 Å². The second-order valence-corrected chi connectivity index (χ2v) is 5.41. The van der Waals surface area contributed by atoms with Crippen molar-refractivity contribution in [2.75, 3.05) is 13.6 Å². The zero-order chi connectivity index (χ0) is 12.3. The van der Waals surface area contributed by atoms with Crippen molar-refractivity contribution in [3.63, 3.8) is 0 Å². The molecule has 0 N–H and O–H groups in total. The molecular formula is C14H18BrNO. The molecule has 0 aromatic heterocycles. The van der Waals surface area contributed by atoms with Gasteiger partial charge in [-0.25, -0.2) is 0 Å². The Morgan fingerprint density at radius 3 is 2.71 bits per heavy atom. The maximum absolute atomic E-state index is 11.0. The van der Waals surface area contributed by atoms with Crippen molar-refractivity contribution in [1.82, 2.24) is 4.90 Å². The molecule has 3 heteroatoms. The van der Waals surface area contributed by atoms with E-state index in [4.69, 9.17) is 0 Å². The van der Waals surface area contributed by atoms with Crippen LogP contribution in [0.4, 0.5) is 4.79 Å². The minimum atomic E-state index is -0.0459. The highest BCUT2D eigenvalue weighted by molar-refractivity contribution is 9.18. The van der Waals surface area contributed by atoms with Crippen LogP contribution in [0.25, 0.3) is 0 Å². The summed E-state index contributed by atoms with van der Waals surface area (Å²) < 4.78 is 0. The van der Waals surface area contributed by atoms with E-state index in [9.17, 15) is 4.79 Å².